The molecule has 19 heavy (non-hydrogen) atoms. The van der Waals surface area contributed by atoms with Gasteiger partial charge in [0.15, 0.2) is 5.82 Å². The molecular formula is C14H17N3O2. The molecular weight excluding hydrogens is 242 g/mol. The Labute approximate surface area is 112 Å². The summed E-state index contributed by atoms with van der Waals surface area (Å²) in [5.74, 6) is 2.08. The Bertz CT molecular complexity index is 547. The summed E-state index contributed by atoms with van der Waals surface area (Å²) >= 11 is 0. The summed E-state index contributed by atoms with van der Waals surface area (Å²) in [6, 6.07) is 7.86. The van der Waals surface area contributed by atoms with Crippen molar-refractivity contribution in [2.24, 2.45) is 0 Å². The van der Waals surface area contributed by atoms with Gasteiger partial charge in [0.1, 0.15) is 5.75 Å². The van der Waals surface area contributed by atoms with E-state index >= 15 is 0 Å². The lowest BCUT2D eigenvalue weighted by atomic mass is 10.0. The second kappa shape index (κ2) is 5.40. The summed E-state index contributed by atoms with van der Waals surface area (Å²) in [4.78, 5) is 4.48. The van der Waals surface area contributed by atoms with Crippen LogP contribution in [0.2, 0.25) is 0 Å². The van der Waals surface area contributed by atoms with Gasteiger partial charge in [0.25, 0.3) is 5.89 Å². The third kappa shape index (κ3) is 2.61. The molecule has 1 saturated heterocycles. The molecule has 5 nitrogen and oxygen atoms in total. The van der Waals surface area contributed by atoms with Crippen LogP contribution >= 0.6 is 0 Å². The Morgan fingerprint density at radius 1 is 1.37 bits per heavy atom. The van der Waals surface area contributed by atoms with Crippen molar-refractivity contribution in [3.63, 3.8) is 0 Å². The van der Waals surface area contributed by atoms with Crippen LogP contribution in [0.4, 0.5) is 0 Å². The number of piperidine rings is 1. The highest BCUT2D eigenvalue weighted by Crippen LogP contribution is 2.25. The summed E-state index contributed by atoms with van der Waals surface area (Å²) < 4.78 is 10.5. The minimum absolute atomic E-state index is 0.219. The van der Waals surface area contributed by atoms with Crippen LogP contribution in [0.25, 0.3) is 11.5 Å². The molecule has 1 N–H and O–H groups in total. The van der Waals surface area contributed by atoms with E-state index in [0.717, 1.165) is 30.1 Å². The van der Waals surface area contributed by atoms with Crippen molar-refractivity contribution in [3.8, 4) is 17.2 Å². The maximum atomic E-state index is 5.35. The van der Waals surface area contributed by atoms with Gasteiger partial charge in [-0.1, -0.05) is 17.6 Å². The van der Waals surface area contributed by atoms with E-state index in [0.29, 0.717) is 5.89 Å². The van der Waals surface area contributed by atoms with Crippen molar-refractivity contribution < 1.29 is 9.26 Å². The van der Waals surface area contributed by atoms with Gasteiger partial charge >= 0.3 is 0 Å². The van der Waals surface area contributed by atoms with Gasteiger partial charge in [-0.25, -0.2) is 0 Å². The molecule has 5 heteroatoms. The Morgan fingerprint density at radius 3 is 3.11 bits per heavy atom. The molecule has 0 spiro atoms. The molecule has 1 aromatic carbocycles. The van der Waals surface area contributed by atoms with Crippen LogP contribution in [-0.4, -0.2) is 23.8 Å². The summed E-state index contributed by atoms with van der Waals surface area (Å²) in [5.41, 5.74) is 0.883. The predicted molar refractivity (Wildman–Crippen MR) is 70.9 cm³/mol. The van der Waals surface area contributed by atoms with Crippen molar-refractivity contribution in [2.75, 3.05) is 13.7 Å². The number of nitrogens with zero attached hydrogens (tertiary/aromatic N) is 2. The fourth-order valence-electron chi connectivity index (χ4n) is 2.32. The van der Waals surface area contributed by atoms with Crippen molar-refractivity contribution >= 4 is 0 Å². The number of aromatic nitrogens is 2. The smallest absolute Gasteiger partial charge is 0.258 e. The van der Waals surface area contributed by atoms with Gasteiger partial charge < -0.3 is 14.6 Å². The normalized spacial score (nSPS) is 19.3. The maximum absolute atomic E-state index is 5.35. The Balaban J connectivity index is 1.83. The summed E-state index contributed by atoms with van der Waals surface area (Å²) in [6.45, 7) is 1.02. The first kappa shape index (κ1) is 12.2. The highest BCUT2D eigenvalue weighted by atomic mass is 16.5. The van der Waals surface area contributed by atoms with Crippen molar-refractivity contribution in [1.82, 2.24) is 15.5 Å². The number of methoxy groups -OCH3 is 1. The fourth-order valence-corrected chi connectivity index (χ4v) is 2.32. The number of ether oxygens (including phenoxy) is 1. The van der Waals surface area contributed by atoms with Crippen LogP contribution in [-0.2, 0) is 0 Å². The van der Waals surface area contributed by atoms with Gasteiger partial charge in [0.05, 0.1) is 13.2 Å². The minimum atomic E-state index is 0.219. The molecule has 0 saturated carbocycles. The Morgan fingerprint density at radius 2 is 2.32 bits per heavy atom. The van der Waals surface area contributed by atoms with Crippen molar-refractivity contribution in [3.05, 3.63) is 30.1 Å². The number of benzene rings is 1. The molecule has 0 amide bonds. The molecule has 1 unspecified atom stereocenters. The molecule has 2 aromatic rings. The van der Waals surface area contributed by atoms with Crippen LogP contribution in [0.3, 0.4) is 0 Å². The molecule has 1 aliphatic heterocycles. The SMILES string of the molecule is COc1cccc(-c2nc(C3CCCCN3)no2)c1. The van der Waals surface area contributed by atoms with E-state index in [1.54, 1.807) is 7.11 Å². The lowest BCUT2D eigenvalue weighted by molar-refractivity contribution is 0.367. The second-order valence-corrected chi connectivity index (χ2v) is 4.69. The van der Waals surface area contributed by atoms with E-state index in [1.165, 1.54) is 12.8 Å². The zero-order chi connectivity index (χ0) is 13.1. The van der Waals surface area contributed by atoms with E-state index in [2.05, 4.69) is 15.5 Å². The first-order valence-electron chi connectivity index (χ1n) is 6.58. The number of nitrogens with one attached hydrogen (secondary N) is 1. The van der Waals surface area contributed by atoms with E-state index in [1.807, 2.05) is 24.3 Å². The number of hydrogen-bond donors (Lipinski definition) is 1. The van der Waals surface area contributed by atoms with Crippen LogP contribution in [0.1, 0.15) is 31.1 Å². The summed E-state index contributed by atoms with van der Waals surface area (Å²) in [5, 5.41) is 7.50. The zero-order valence-corrected chi connectivity index (χ0v) is 10.9. The first-order valence-corrected chi connectivity index (χ1v) is 6.58. The summed E-state index contributed by atoms with van der Waals surface area (Å²) in [6.07, 6.45) is 3.49. The highest BCUT2D eigenvalue weighted by molar-refractivity contribution is 5.55. The van der Waals surface area contributed by atoms with E-state index < -0.39 is 0 Å². The molecule has 1 aliphatic rings. The zero-order valence-electron chi connectivity index (χ0n) is 10.9. The topological polar surface area (TPSA) is 60.2 Å². The monoisotopic (exact) mass is 259 g/mol. The fraction of sp³-hybridized carbons (Fsp3) is 0.429. The molecule has 0 radical (unpaired) electrons. The first-order chi connectivity index (χ1) is 9.36. The van der Waals surface area contributed by atoms with Crippen molar-refractivity contribution in [1.29, 1.82) is 0 Å². The predicted octanol–water partition coefficient (Wildman–Crippen LogP) is 2.56. The van der Waals surface area contributed by atoms with Gasteiger partial charge in [-0.05, 0) is 37.6 Å². The maximum Gasteiger partial charge on any atom is 0.258 e. The average Bonchev–Trinajstić information content (AvgIpc) is 2.98. The van der Waals surface area contributed by atoms with Gasteiger partial charge in [-0.2, -0.15) is 4.98 Å². The molecule has 0 bridgehead atoms. The molecule has 1 atom stereocenters. The van der Waals surface area contributed by atoms with Crippen LogP contribution in [0.15, 0.2) is 28.8 Å². The van der Waals surface area contributed by atoms with Crippen molar-refractivity contribution in [2.45, 2.75) is 25.3 Å². The van der Waals surface area contributed by atoms with Gasteiger partial charge in [-0.3, -0.25) is 0 Å². The van der Waals surface area contributed by atoms with Crippen LogP contribution in [0, 0.1) is 0 Å². The second-order valence-electron chi connectivity index (χ2n) is 4.69. The average molecular weight is 259 g/mol. The molecule has 1 fully saturated rings. The third-order valence-corrected chi connectivity index (χ3v) is 3.38. The van der Waals surface area contributed by atoms with Crippen LogP contribution < -0.4 is 10.1 Å². The third-order valence-electron chi connectivity index (χ3n) is 3.38. The molecule has 100 valence electrons. The molecule has 1 aromatic heterocycles. The summed E-state index contributed by atoms with van der Waals surface area (Å²) in [7, 11) is 1.64. The minimum Gasteiger partial charge on any atom is -0.497 e. The largest absolute Gasteiger partial charge is 0.497 e. The quantitative estimate of drug-likeness (QED) is 0.918. The Kier molecular flexibility index (Phi) is 3.46. The van der Waals surface area contributed by atoms with E-state index in [4.69, 9.17) is 9.26 Å². The van der Waals surface area contributed by atoms with Gasteiger partial charge in [0.2, 0.25) is 0 Å². The molecule has 0 aliphatic carbocycles. The number of rotatable bonds is 3. The molecule has 2 heterocycles. The number of hydrogen-bond acceptors (Lipinski definition) is 5. The lowest BCUT2D eigenvalue weighted by Crippen LogP contribution is -2.27. The lowest BCUT2D eigenvalue weighted by Gasteiger charge is -2.19. The van der Waals surface area contributed by atoms with Gasteiger partial charge in [0, 0.05) is 5.56 Å². The molecule has 3 rings (SSSR count). The van der Waals surface area contributed by atoms with Crippen LogP contribution in [0.5, 0.6) is 5.75 Å². The highest BCUT2D eigenvalue weighted by Gasteiger charge is 2.20. The van der Waals surface area contributed by atoms with Gasteiger partial charge in [-0.15, -0.1) is 0 Å². The van der Waals surface area contributed by atoms with E-state index in [-0.39, 0.29) is 6.04 Å². The standard InChI is InChI=1S/C14H17N3O2/c1-18-11-6-4-5-10(9-11)14-16-13(17-19-14)12-7-2-3-8-15-12/h4-6,9,12,15H,2-3,7-8H2,1H3. The Hall–Kier alpha value is -1.88. The van der Waals surface area contributed by atoms with E-state index in [9.17, 15) is 0 Å².